The minimum atomic E-state index is -0.392. The summed E-state index contributed by atoms with van der Waals surface area (Å²) in [5.74, 6) is 1.36. The summed E-state index contributed by atoms with van der Waals surface area (Å²) in [6.45, 7) is 0. The third-order valence-corrected chi connectivity index (χ3v) is 4.87. The average Bonchev–Trinajstić information content (AvgIpc) is 3.41. The summed E-state index contributed by atoms with van der Waals surface area (Å²) < 4.78 is 9.01. The largest absolute Gasteiger partial charge is 0.497 e. The molecule has 152 valence electrons. The van der Waals surface area contributed by atoms with Crippen LogP contribution < -0.4 is 10.1 Å². The molecule has 7 nitrogen and oxygen atoms in total. The van der Waals surface area contributed by atoms with E-state index >= 15 is 0 Å². The average molecular weight is 401 g/mol. The topological polar surface area (TPSA) is 74.0 Å². The van der Waals surface area contributed by atoms with E-state index in [1.54, 1.807) is 24.2 Å². The number of carbonyl (C=O) groups excluding carboxylic acids is 1. The van der Waals surface area contributed by atoms with E-state index in [2.05, 4.69) is 15.4 Å². The lowest BCUT2D eigenvalue weighted by Crippen LogP contribution is -2.32. The molecule has 1 atom stereocenters. The SMILES string of the molecule is COc1cccc(C(NC(=O)Cc2cnn(-c3ccccc3)c2)c2nccn2C)c1. The molecule has 0 saturated carbocycles. The molecule has 0 aliphatic carbocycles. The number of hydrogen-bond acceptors (Lipinski definition) is 4. The van der Waals surface area contributed by atoms with Gasteiger partial charge in [-0.25, -0.2) is 9.67 Å². The van der Waals surface area contributed by atoms with E-state index < -0.39 is 6.04 Å². The number of para-hydroxylation sites is 1. The second-order valence-electron chi connectivity index (χ2n) is 6.98. The van der Waals surface area contributed by atoms with Crippen LogP contribution in [-0.4, -0.2) is 32.3 Å². The number of ether oxygens (including phenoxy) is 1. The minimum Gasteiger partial charge on any atom is -0.497 e. The zero-order valence-corrected chi connectivity index (χ0v) is 16.9. The van der Waals surface area contributed by atoms with E-state index in [0.717, 1.165) is 28.4 Å². The van der Waals surface area contributed by atoms with E-state index in [1.165, 1.54) is 0 Å². The Bertz CT molecular complexity index is 1130. The quantitative estimate of drug-likeness (QED) is 0.517. The van der Waals surface area contributed by atoms with Gasteiger partial charge in [-0.2, -0.15) is 5.10 Å². The smallest absolute Gasteiger partial charge is 0.225 e. The Morgan fingerprint density at radius 3 is 2.73 bits per heavy atom. The van der Waals surface area contributed by atoms with E-state index in [4.69, 9.17) is 4.74 Å². The number of hydrogen-bond donors (Lipinski definition) is 1. The van der Waals surface area contributed by atoms with Crippen LogP contribution >= 0.6 is 0 Å². The fourth-order valence-corrected chi connectivity index (χ4v) is 3.34. The molecule has 0 fully saturated rings. The number of imidazole rings is 1. The van der Waals surface area contributed by atoms with Crippen molar-refractivity contribution in [3.05, 3.63) is 96.3 Å². The number of carbonyl (C=O) groups is 1. The molecule has 2 heterocycles. The van der Waals surface area contributed by atoms with E-state index in [9.17, 15) is 4.79 Å². The zero-order valence-electron chi connectivity index (χ0n) is 16.9. The van der Waals surface area contributed by atoms with Crippen molar-refractivity contribution in [1.29, 1.82) is 0 Å². The van der Waals surface area contributed by atoms with Crippen molar-refractivity contribution in [3.63, 3.8) is 0 Å². The standard InChI is InChI=1S/C23H23N5O2/c1-27-12-11-24-23(27)22(18-7-6-10-20(14-18)30-2)26-21(29)13-17-15-25-28(16-17)19-8-4-3-5-9-19/h3-12,14-16,22H,13H2,1-2H3,(H,26,29). The summed E-state index contributed by atoms with van der Waals surface area (Å²) in [5.41, 5.74) is 2.68. The Balaban J connectivity index is 1.54. The molecule has 0 radical (unpaired) electrons. The van der Waals surface area contributed by atoms with Gasteiger partial charge in [-0.15, -0.1) is 0 Å². The fraction of sp³-hybridized carbons (Fsp3) is 0.174. The first kappa shape index (κ1) is 19.4. The van der Waals surface area contributed by atoms with Gasteiger partial charge in [0.15, 0.2) is 0 Å². The molecule has 1 N–H and O–H groups in total. The third-order valence-electron chi connectivity index (χ3n) is 4.87. The highest BCUT2D eigenvalue weighted by molar-refractivity contribution is 5.79. The molecule has 30 heavy (non-hydrogen) atoms. The Morgan fingerprint density at radius 1 is 1.17 bits per heavy atom. The first-order chi connectivity index (χ1) is 14.6. The van der Waals surface area contributed by atoms with Crippen molar-refractivity contribution in [1.82, 2.24) is 24.6 Å². The summed E-state index contributed by atoms with van der Waals surface area (Å²) in [6.07, 6.45) is 7.39. The van der Waals surface area contributed by atoms with Gasteiger partial charge in [0.25, 0.3) is 0 Å². The summed E-state index contributed by atoms with van der Waals surface area (Å²) in [6, 6.07) is 17.0. The minimum absolute atomic E-state index is 0.113. The Hall–Kier alpha value is -3.87. The molecule has 0 saturated heterocycles. The van der Waals surface area contributed by atoms with Gasteiger partial charge in [-0.3, -0.25) is 4.79 Å². The van der Waals surface area contributed by atoms with Gasteiger partial charge in [0.2, 0.25) is 5.91 Å². The van der Waals surface area contributed by atoms with Crippen LogP contribution in [0.1, 0.15) is 23.0 Å². The monoisotopic (exact) mass is 401 g/mol. The Kier molecular flexibility index (Phi) is 5.61. The van der Waals surface area contributed by atoms with E-state index in [-0.39, 0.29) is 12.3 Å². The molecule has 2 aromatic heterocycles. The number of amides is 1. The predicted octanol–water partition coefficient (Wildman–Crippen LogP) is 3.06. The van der Waals surface area contributed by atoms with Gasteiger partial charge < -0.3 is 14.6 Å². The molecular formula is C23H23N5O2. The summed E-state index contributed by atoms with van der Waals surface area (Å²) in [4.78, 5) is 17.3. The van der Waals surface area contributed by atoms with Crippen molar-refractivity contribution in [2.24, 2.45) is 7.05 Å². The number of benzene rings is 2. The molecule has 0 aliphatic heterocycles. The first-order valence-corrected chi connectivity index (χ1v) is 9.63. The fourth-order valence-electron chi connectivity index (χ4n) is 3.34. The van der Waals surface area contributed by atoms with Crippen molar-refractivity contribution in [2.45, 2.75) is 12.5 Å². The number of aryl methyl sites for hydroxylation is 1. The molecule has 1 amide bonds. The third kappa shape index (κ3) is 4.25. The Labute approximate surface area is 174 Å². The summed E-state index contributed by atoms with van der Waals surface area (Å²) in [5, 5.41) is 7.48. The van der Waals surface area contributed by atoms with Crippen LogP contribution in [0.25, 0.3) is 5.69 Å². The lowest BCUT2D eigenvalue weighted by Gasteiger charge is -2.19. The number of nitrogens with zero attached hydrogens (tertiary/aromatic N) is 4. The van der Waals surface area contributed by atoms with Gasteiger partial charge in [0.05, 0.1) is 25.4 Å². The van der Waals surface area contributed by atoms with Gasteiger partial charge in [-0.05, 0) is 35.4 Å². The molecule has 4 rings (SSSR count). The Morgan fingerprint density at radius 2 is 2.00 bits per heavy atom. The maximum absolute atomic E-state index is 12.9. The second-order valence-corrected chi connectivity index (χ2v) is 6.98. The van der Waals surface area contributed by atoms with Crippen LogP contribution in [0.5, 0.6) is 5.75 Å². The van der Waals surface area contributed by atoms with Crippen LogP contribution in [0.15, 0.2) is 79.4 Å². The maximum Gasteiger partial charge on any atom is 0.225 e. The molecule has 0 bridgehead atoms. The molecule has 0 spiro atoms. The molecule has 7 heteroatoms. The summed E-state index contributed by atoms with van der Waals surface area (Å²) >= 11 is 0. The normalized spacial score (nSPS) is 11.8. The molecule has 0 aliphatic rings. The highest BCUT2D eigenvalue weighted by Gasteiger charge is 2.21. The maximum atomic E-state index is 12.9. The van der Waals surface area contributed by atoms with Gasteiger partial charge in [-0.1, -0.05) is 30.3 Å². The van der Waals surface area contributed by atoms with Crippen LogP contribution in [0, 0.1) is 0 Å². The van der Waals surface area contributed by atoms with Crippen LogP contribution in [0.3, 0.4) is 0 Å². The van der Waals surface area contributed by atoms with Crippen LogP contribution in [0.2, 0.25) is 0 Å². The van der Waals surface area contributed by atoms with Crippen molar-refractivity contribution in [2.75, 3.05) is 7.11 Å². The number of nitrogens with one attached hydrogen (secondary N) is 1. The van der Waals surface area contributed by atoms with Crippen molar-refractivity contribution in [3.8, 4) is 11.4 Å². The lowest BCUT2D eigenvalue weighted by atomic mass is 10.0. The number of aromatic nitrogens is 4. The first-order valence-electron chi connectivity index (χ1n) is 9.63. The number of rotatable bonds is 7. The van der Waals surface area contributed by atoms with Gasteiger partial charge in [0.1, 0.15) is 17.6 Å². The lowest BCUT2D eigenvalue weighted by molar-refractivity contribution is -0.121. The highest BCUT2D eigenvalue weighted by atomic mass is 16.5. The van der Waals surface area contributed by atoms with Crippen molar-refractivity contribution < 1.29 is 9.53 Å². The number of methoxy groups -OCH3 is 1. The molecule has 2 aromatic carbocycles. The highest BCUT2D eigenvalue weighted by Crippen LogP contribution is 2.24. The van der Waals surface area contributed by atoms with Crippen LogP contribution in [-0.2, 0) is 18.3 Å². The molecular weight excluding hydrogens is 378 g/mol. The molecule has 1 unspecified atom stereocenters. The van der Waals surface area contributed by atoms with Gasteiger partial charge >= 0.3 is 0 Å². The molecule has 4 aromatic rings. The van der Waals surface area contributed by atoms with Crippen LogP contribution in [0.4, 0.5) is 0 Å². The predicted molar refractivity (Wildman–Crippen MR) is 113 cm³/mol. The van der Waals surface area contributed by atoms with E-state index in [1.807, 2.05) is 78.6 Å². The van der Waals surface area contributed by atoms with Gasteiger partial charge in [0, 0.05) is 25.6 Å². The van der Waals surface area contributed by atoms with E-state index in [0.29, 0.717) is 0 Å². The van der Waals surface area contributed by atoms with Crippen molar-refractivity contribution >= 4 is 5.91 Å². The summed E-state index contributed by atoms with van der Waals surface area (Å²) in [7, 11) is 3.53. The second kappa shape index (κ2) is 8.65. The zero-order chi connectivity index (χ0) is 20.9.